The molecule has 1 aliphatic rings. The number of nitrogens with two attached hydrogens (primary N) is 1. The van der Waals surface area contributed by atoms with E-state index < -0.39 is 0 Å². The van der Waals surface area contributed by atoms with Crippen LogP contribution >= 0.6 is 0 Å². The summed E-state index contributed by atoms with van der Waals surface area (Å²) in [4.78, 5) is 11.6. The minimum Gasteiger partial charge on any atom is -0.508 e. The largest absolute Gasteiger partial charge is 0.508 e. The molecule has 0 spiro atoms. The summed E-state index contributed by atoms with van der Waals surface area (Å²) in [5.41, 5.74) is 10.5. The number of aromatic hydroxyl groups is 2. The van der Waals surface area contributed by atoms with Crippen LogP contribution in [0.2, 0.25) is 0 Å². The molecule has 2 aromatic rings. The molecule has 0 radical (unpaired) electrons. The molecule has 0 bridgehead atoms. The fourth-order valence-corrected chi connectivity index (χ4v) is 3.65. The van der Waals surface area contributed by atoms with E-state index in [1.54, 1.807) is 25.3 Å². The van der Waals surface area contributed by atoms with E-state index in [-0.39, 0.29) is 17.3 Å². The van der Waals surface area contributed by atoms with Crippen LogP contribution in [0.1, 0.15) is 60.7 Å². The number of benzene rings is 2. The summed E-state index contributed by atoms with van der Waals surface area (Å²) < 4.78 is 4.98. The number of hydrogen-bond acceptors (Lipinski definition) is 5. The van der Waals surface area contributed by atoms with Crippen molar-refractivity contribution in [3.63, 3.8) is 0 Å². The molecule has 0 amide bonds. The number of phenolic OH excluding ortho intramolecular Hbond substituents is 2. The summed E-state index contributed by atoms with van der Waals surface area (Å²) in [6, 6.07) is 8.77. The minimum absolute atomic E-state index is 0.0614. The van der Waals surface area contributed by atoms with Crippen molar-refractivity contribution in [1.82, 2.24) is 0 Å². The SMILES string of the molecule is CC(=O)c1cc(C2=CCC(C)C2)c(CCN)cc1O.CCc1cc(O)cc(OC)c1. The number of rotatable bonds is 6. The molecule has 1 unspecified atom stereocenters. The fourth-order valence-electron chi connectivity index (χ4n) is 3.65. The first-order valence-electron chi connectivity index (χ1n) is 10.4. The van der Waals surface area contributed by atoms with Crippen molar-refractivity contribution in [2.24, 2.45) is 11.7 Å². The number of aryl methyl sites for hydroxylation is 1. The van der Waals surface area contributed by atoms with E-state index in [1.165, 1.54) is 12.5 Å². The normalized spacial score (nSPS) is 15.2. The van der Waals surface area contributed by atoms with Crippen molar-refractivity contribution in [1.29, 1.82) is 0 Å². The topological polar surface area (TPSA) is 92.8 Å². The van der Waals surface area contributed by atoms with Gasteiger partial charge in [0, 0.05) is 6.07 Å². The molecule has 0 aromatic heterocycles. The summed E-state index contributed by atoms with van der Waals surface area (Å²) in [6.45, 7) is 6.27. The molecule has 0 saturated carbocycles. The van der Waals surface area contributed by atoms with Crippen LogP contribution in [0, 0.1) is 5.92 Å². The third kappa shape index (κ3) is 6.10. The van der Waals surface area contributed by atoms with Crippen LogP contribution in [-0.4, -0.2) is 29.7 Å². The van der Waals surface area contributed by atoms with Gasteiger partial charge < -0.3 is 20.7 Å². The van der Waals surface area contributed by atoms with Gasteiger partial charge in [-0.05, 0) is 91.6 Å². The Morgan fingerprint density at radius 3 is 2.47 bits per heavy atom. The summed E-state index contributed by atoms with van der Waals surface area (Å²) in [5.74, 6) is 1.58. The monoisotopic (exact) mass is 411 g/mol. The molecule has 162 valence electrons. The quantitative estimate of drug-likeness (QED) is 0.590. The van der Waals surface area contributed by atoms with Crippen molar-refractivity contribution in [2.75, 3.05) is 13.7 Å². The van der Waals surface area contributed by atoms with Gasteiger partial charge in [0.05, 0.1) is 12.7 Å². The molecule has 1 aliphatic carbocycles. The molecule has 0 saturated heterocycles. The Kier molecular flexibility index (Phi) is 8.48. The summed E-state index contributed by atoms with van der Waals surface area (Å²) in [6.07, 6.45) is 5.96. The zero-order valence-corrected chi connectivity index (χ0v) is 18.4. The second kappa shape index (κ2) is 10.8. The first kappa shape index (κ1) is 23.5. The van der Waals surface area contributed by atoms with Gasteiger partial charge in [0.25, 0.3) is 0 Å². The molecule has 2 aromatic carbocycles. The van der Waals surface area contributed by atoms with Gasteiger partial charge in [-0.2, -0.15) is 0 Å². The maximum Gasteiger partial charge on any atom is 0.163 e. The van der Waals surface area contributed by atoms with E-state index in [0.29, 0.717) is 30.2 Å². The molecule has 1 atom stereocenters. The highest BCUT2D eigenvalue weighted by molar-refractivity contribution is 5.98. The number of phenols is 2. The number of Topliss-reactive ketones (excluding diaryl/α,β-unsaturated/α-hetero) is 1. The van der Waals surface area contributed by atoms with E-state index in [1.807, 2.05) is 19.1 Å². The lowest BCUT2D eigenvalue weighted by molar-refractivity contribution is 0.101. The standard InChI is InChI=1S/C16H21NO2.C9H12O2/c1-10-3-4-12(7-10)15-9-14(11(2)18)16(19)8-13(15)5-6-17;1-3-7-4-8(10)6-9(5-7)11-2/h4,8-10,19H,3,5-7,17H2,1-2H3;4-6,10H,3H2,1-2H3. The van der Waals surface area contributed by atoms with Gasteiger partial charge in [-0.25, -0.2) is 0 Å². The minimum atomic E-state index is -0.107. The molecule has 0 heterocycles. The summed E-state index contributed by atoms with van der Waals surface area (Å²) >= 11 is 0. The van der Waals surface area contributed by atoms with E-state index >= 15 is 0 Å². The van der Waals surface area contributed by atoms with Crippen molar-refractivity contribution in [3.8, 4) is 17.2 Å². The molecule has 30 heavy (non-hydrogen) atoms. The maximum absolute atomic E-state index is 11.6. The number of carbonyl (C=O) groups is 1. The van der Waals surface area contributed by atoms with Crippen molar-refractivity contribution in [2.45, 2.75) is 46.5 Å². The zero-order chi connectivity index (χ0) is 22.3. The Labute approximate surface area is 179 Å². The summed E-state index contributed by atoms with van der Waals surface area (Å²) in [7, 11) is 1.59. The number of ether oxygens (including phenoxy) is 1. The lowest BCUT2D eigenvalue weighted by atomic mass is 9.92. The van der Waals surface area contributed by atoms with Crippen molar-refractivity contribution < 1.29 is 19.7 Å². The smallest absolute Gasteiger partial charge is 0.163 e. The Hall–Kier alpha value is -2.79. The third-order valence-corrected chi connectivity index (χ3v) is 5.29. The Bertz CT molecular complexity index is 895. The highest BCUT2D eigenvalue weighted by Gasteiger charge is 2.19. The summed E-state index contributed by atoms with van der Waals surface area (Å²) in [5, 5.41) is 19.1. The van der Waals surface area contributed by atoms with Crippen molar-refractivity contribution >= 4 is 11.4 Å². The van der Waals surface area contributed by atoms with Crippen LogP contribution in [0.25, 0.3) is 5.57 Å². The Morgan fingerprint density at radius 2 is 1.93 bits per heavy atom. The molecule has 5 nitrogen and oxygen atoms in total. The highest BCUT2D eigenvalue weighted by atomic mass is 16.5. The lowest BCUT2D eigenvalue weighted by Gasteiger charge is -2.14. The van der Waals surface area contributed by atoms with Crippen LogP contribution in [0.3, 0.4) is 0 Å². The van der Waals surface area contributed by atoms with Gasteiger partial charge in [-0.15, -0.1) is 0 Å². The fraction of sp³-hybridized carbons (Fsp3) is 0.400. The molecule has 4 N–H and O–H groups in total. The van der Waals surface area contributed by atoms with E-state index in [4.69, 9.17) is 10.5 Å². The number of carbonyl (C=O) groups excluding carboxylic acids is 1. The highest BCUT2D eigenvalue weighted by Crippen LogP contribution is 2.36. The number of hydrogen-bond donors (Lipinski definition) is 3. The average molecular weight is 412 g/mol. The molecule has 0 fully saturated rings. The second-order valence-corrected chi connectivity index (χ2v) is 7.79. The Balaban J connectivity index is 0.000000248. The van der Waals surface area contributed by atoms with Gasteiger partial charge >= 0.3 is 0 Å². The van der Waals surface area contributed by atoms with Gasteiger partial charge in [-0.3, -0.25) is 4.79 Å². The molecule has 5 heteroatoms. The number of allylic oxidation sites excluding steroid dienone is 2. The molecular weight excluding hydrogens is 378 g/mol. The van der Waals surface area contributed by atoms with Crippen LogP contribution in [-0.2, 0) is 12.8 Å². The molecule has 0 aliphatic heterocycles. The first-order valence-corrected chi connectivity index (χ1v) is 10.4. The van der Waals surface area contributed by atoms with Gasteiger partial charge in [0.1, 0.15) is 17.2 Å². The average Bonchev–Trinajstić information content (AvgIpc) is 3.14. The van der Waals surface area contributed by atoms with Crippen LogP contribution < -0.4 is 10.5 Å². The Morgan fingerprint density at radius 1 is 1.20 bits per heavy atom. The van der Waals surface area contributed by atoms with E-state index in [2.05, 4.69) is 13.0 Å². The number of ketones is 1. The van der Waals surface area contributed by atoms with Crippen LogP contribution in [0.15, 0.2) is 36.4 Å². The molecule has 3 rings (SSSR count). The zero-order valence-electron chi connectivity index (χ0n) is 18.4. The van der Waals surface area contributed by atoms with E-state index in [9.17, 15) is 15.0 Å². The lowest BCUT2D eigenvalue weighted by Crippen LogP contribution is -2.07. The van der Waals surface area contributed by atoms with Gasteiger partial charge in [0.2, 0.25) is 0 Å². The third-order valence-electron chi connectivity index (χ3n) is 5.29. The maximum atomic E-state index is 11.6. The molecular formula is C25H33NO4. The predicted octanol–water partition coefficient (Wildman–Crippen LogP) is 4.87. The van der Waals surface area contributed by atoms with Crippen LogP contribution in [0.5, 0.6) is 17.2 Å². The second-order valence-electron chi connectivity index (χ2n) is 7.79. The van der Waals surface area contributed by atoms with Crippen molar-refractivity contribution in [3.05, 3.63) is 58.7 Å². The number of methoxy groups -OCH3 is 1. The predicted molar refractivity (Wildman–Crippen MR) is 121 cm³/mol. The van der Waals surface area contributed by atoms with Gasteiger partial charge in [-0.1, -0.05) is 19.9 Å². The first-order chi connectivity index (χ1) is 14.3. The van der Waals surface area contributed by atoms with Gasteiger partial charge in [0.15, 0.2) is 5.78 Å². The van der Waals surface area contributed by atoms with E-state index in [0.717, 1.165) is 36.0 Å². The van der Waals surface area contributed by atoms with Crippen LogP contribution in [0.4, 0.5) is 0 Å².